The Labute approximate surface area is 92.6 Å². The molecule has 1 rings (SSSR count). The molecule has 0 fully saturated rings. The van der Waals surface area contributed by atoms with Gasteiger partial charge in [-0.05, 0) is 20.3 Å². The van der Waals surface area contributed by atoms with Gasteiger partial charge in [0.15, 0.2) is 0 Å². The van der Waals surface area contributed by atoms with Crippen LogP contribution < -0.4 is 11.5 Å². The lowest BCUT2D eigenvalue weighted by molar-refractivity contribution is -0.119. The number of primary amides is 1. The molecule has 0 aliphatic rings. The number of nitrogens with zero attached hydrogens (tertiary/aromatic N) is 1. The Bertz CT molecular complexity index is 332. The quantitative estimate of drug-likeness (QED) is 0.720. The summed E-state index contributed by atoms with van der Waals surface area (Å²) in [5.74, 6) is 1.01. The fourth-order valence-corrected chi connectivity index (χ4v) is 1.85. The molecule has 0 saturated heterocycles. The number of hydrogen-bond acceptors (Lipinski definition) is 5. The number of carbonyl (C=O) groups is 1. The zero-order valence-electron chi connectivity index (χ0n) is 8.82. The fraction of sp³-hybridized carbons (Fsp3) is 0.556. The first-order valence-corrected chi connectivity index (χ1v) is 5.61. The second kappa shape index (κ2) is 5.18. The molecule has 15 heavy (non-hydrogen) atoms. The van der Waals surface area contributed by atoms with E-state index in [4.69, 9.17) is 15.9 Å². The summed E-state index contributed by atoms with van der Waals surface area (Å²) in [6.07, 6.45) is 0.528. The van der Waals surface area contributed by atoms with Crippen molar-refractivity contribution < 1.29 is 9.21 Å². The van der Waals surface area contributed by atoms with E-state index in [1.54, 1.807) is 0 Å². The van der Waals surface area contributed by atoms with E-state index in [0.717, 1.165) is 11.5 Å². The van der Waals surface area contributed by atoms with Crippen LogP contribution in [0.25, 0.3) is 0 Å². The number of aromatic nitrogens is 1. The van der Waals surface area contributed by atoms with Crippen molar-refractivity contribution in [1.29, 1.82) is 0 Å². The zero-order chi connectivity index (χ0) is 11.4. The van der Waals surface area contributed by atoms with Crippen LogP contribution >= 0.6 is 11.8 Å². The second-order valence-corrected chi connectivity index (χ2v) is 4.31. The first kappa shape index (κ1) is 12.1. The van der Waals surface area contributed by atoms with Crippen LogP contribution in [-0.2, 0) is 4.79 Å². The smallest absolute Gasteiger partial charge is 0.256 e. The van der Waals surface area contributed by atoms with Gasteiger partial charge in [0, 0.05) is 5.75 Å². The Hall–Kier alpha value is -1.01. The van der Waals surface area contributed by atoms with Gasteiger partial charge in [-0.2, -0.15) is 0 Å². The van der Waals surface area contributed by atoms with Gasteiger partial charge in [-0.1, -0.05) is 11.8 Å². The molecule has 1 amide bonds. The van der Waals surface area contributed by atoms with Crippen molar-refractivity contribution in [2.45, 2.75) is 31.5 Å². The van der Waals surface area contributed by atoms with E-state index < -0.39 is 11.9 Å². The van der Waals surface area contributed by atoms with Crippen molar-refractivity contribution in [2.75, 3.05) is 5.75 Å². The summed E-state index contributed by atoms with van der Waals surface area (Å²) in [7, 11) is 0. The monoisotopic (exact) mass is 229 g/mol. The van der Waals surface area contributed by atoms with Gasteiger partial charge < -0.3 is 15.9 Å². The van der Waals surface area contributed by atoms with Crippen molar-refractivity contribution in [3.05, 3.63) is 11.5 Å². The molecular formula is C9H15N3O2S. The minimum absolute atomic E-state index is 0.477. The Morgan fingerprint density at radius 2 is 2.27 bits per heavy atom. The predicted molar refractivity (Wildman–Crippen MR) is 58.5 cm³/mol. The molecule has 1 aromatic rings. The molecule has 0 aliphatic heterocycles. The van der Waals surface area contributed by atoms with E-state index in [0.29, 0.717) is 17.4 Å². The molecule has 1 unspecified atom stereocenters. The summed E-state index contributed by atoms with van der Waals surface area (Å²) in [5, 5.41) is 0.613. The highest BCUT2D eigenvalue weighted by atomic mass is 32.2. The SMILES string of the molecule is Cc1nc(SCCC(N)C(N)=O)oc1C. The van der Waals surface area contributed by atoms with Crippen molar-refractivity contribution in [1.82, 2.24) is 4.98 Å². The van der Waals surface area contributed by atoms with Gasteiger partial charge in [-0.3, -0.25) is 4.79 Å². The van der Waals surface area contributed by atoms with E-state index in [1.165, 1.54) is 11.8 Å². The van der Waals surface area contributed by atoms with Gasteiger partial charge in [0.05, 0.1) is 11.7 Å². The van der Waals surface area contributed by atoms with Crippen molar-refractivity contribution >= 4 is 17.7 Å². The molecule has 0 aliphatic carbocycles. The highest BCUT2D eigenvalue weighted by Crippen LogP contribution is 2.20. The molecule has 1 atom stereocenters. The topological polar surface area (TPSA) is 95.1 Å². The average Bonchev–Trinajstić information content (AvgIpc) is 2.46. The molecule has 5 nitrogen and oxygen atoms in total. The van der Waals surface area contributed by atoms with Crippen LogP contribution in [0.3, 0.4) is 0 Å². The van der Waals surface area contributed by atoms with Crippen LogP contribution in [0.15, 0.2) is 9.64 Å². The molecule has 0 radical (unpaired) electrons. The largest absolute Gasteiger partial charge is 0.437 e. The third kappa shape index (κ3) is 3.56. The lowest BCUT2D eigenvalue weighted by atomic mass is 10.2. The minimum atomic E-state index is -0.588. The molecule has 0 aromatic carbocycles. The average molecular weight is 229 g/mol. The normalized spacial score (nSPS) is 12.7. The summed E-state index contributed by atoms with van der Waals surface area (Å²) in [5.41, 5.74) is 11.4. The highest BCUT2D eigenvalue weighted by Gasteiger charge is 2.10. The van der Waals surface area contributed by atoms with Crippen LogP contribution in [0, 0.1) is 13.8 Å². The third-order valence-electron chi connectivity index (χ3n) is 2.03. The standard InChI is InChI=1S/C9H15N3O2S/c1-5-6(2)14-9(12-5)15-4-3-7(10)8(11)13/h7H,3-4,10H2,1-2H3,(H2,11,13). The Balaban J connectivity index is 2.35. The van der Waals surface area contributed by atoms with E-state index in [1.807, 2.05) is 13.8 Å². The number of aryl methyl sites for hydroxylation is 2. The number of amides is 1. The van der Waals surface area contributed by atoms with E-state index >= 15 is 0 Å². The van der Waals surface area contributed by atoms with E-state index in [2.05, 4.69) is 4.98 Å². The molecular weight excluding hydrogens is 214 g/mol. The van der Waals surface area contributed by atoms with Gasteiger partial charge >= 0.3 is 0 Å². The number of nitrogens with two attached hydrogens (primary N) is 2. The third-order valence-corrected chi connectivity index (χ3v) is 2.89. The number of thioether (sulfide) groups is 1. The Kier molecular flexibility index (Phi) is 4.16. The molecule has 0 spiro atoms. The van der Waals surface area contributed by atoms with Gasteiger partial charge in [0.2, 0.25) is 5.91 Å². The van der Waals surface area contributed by atoms with Crippen LogP contribution in [0.2, 0.25) is 0 Å². The molecule has 1 heterocycles. The molecule has 6 heteroatoms. The molecule has 84 valence electrons. The maximum absolute atomic E-state index is 10.6. The van der Waals surface area contributed by atoms with Crippen molar-refractivity contribution in [3.63, 3.8) is 0 Å². The lowest BCUT2D eigenvalue weighted by Gasteiger charge is -2.04. The van der Waals surface area contributed by atoms with Crippen LogP contribution in [0.1, 0.15) is 17.9 Å². The van der Waals surface area contributed by atoms with E-state index in [9.17, 15) is 4.79 Å². The van der Waals surface area contributed by atoms with Gasteiger partial charge in [0.25, 0.3) is 5.22 Å². The summed E-state index contributed by atoms with van der Waals surface area (Å²) in [6.45, 7) is 3.75. The molecule has 0 bridgehead atoms. The summed E-state index contributed by atoms with van der Waals surface area (Å²) >= 11 is 1.44. The first-order valence-electron chi connectivity index (χ1n) is 4.62. The van der Waals surface area contributed by atoms with E-state index in [-0.39, 0.29) is 0 Å². The second-order valence-electron chi connectivity index (χ2n) is 3.27. The van der Waals surface area contributed by atoms with Gasteiger partial charge in [-0.25, -0.2) is 4.98 Å². The van der Waals surface area contributed by atoms with Crippen LogP contribution in [0.5, 0.6) is 0 Å². The Morgan fingerprint density at radius 1 is 1.60 bits per heavy atom. The number of hydrogen-bond donors (Lipinski definition) is 2. The molecule has 1 aromatic heterocycles. The van der Waals surface area contributed by atoms with Crippen molar-refractivity contribution in [3.8, 4) is 0 Å². The number of rotatable bonds is 5. The number of carbonyl (C=O) groups excluding carboxylic acids is 1. The molecule has 0 saturated carbocycles. The van der Waals surface area contributed by atoms with Gasteiger partial charge in [0.1, 0.15) is 5.76 Å². The maximum Gasteiger partial charge on any atom is 0.256 e. The summed E-state index contributed by atoms with van der Waals surface area (Å²) < 4.78 is 5.35. The van der Waals surface area contributed by atoms with Crippen LogP contribution in [0.4, 0.5) is 0 Å². The van der Waals surface area contributed by atoms with Crippen molar-refractivity contribution in [2.24, 2.45) is 11.5 Å². The highest BCUT2D eigenvalue weighted by molar-refractivity contribution is 7.99. The maximum atomic E-state index is 10.6. The first-order chi connectivity index (χ1) is 7.00. The lowest BCUT2D eigenvalue weighted by Crippen LogP contribution is -2.36. The van der Waals surface area contributed by atoms with Crippen LogP contribution in [-0.4, -0.2) is 22.7 Å². The fourth-order valence-electron chi connectivity index (χ4n) is 0.920. The number of oxazole rings is 1. The summed E-state index contributed by atoms with van der Waals surface area (Å²) in [4.78, 5) is 14.8. The summed E-state index contributed by atoms with van der Waals surface area (Å²) in [6, 6.07) is -0.588. The Morgan fingerprint density at radius 3 is 2.73 bits per heavy atom. The minimum Gasteiger partial charge on any atom is -0.437 e. The predicted octanol–water partition coefficient (Wildman–Crippen LogP) is 0.586. The van der Waals surface area contributed by atoms with Gasteiger partial charge in [-0.15, -0.1) is 0 Å². The molecule has 4 N–H and O–H groups in total. The zero-order valence-corrected chi connectivity index (χ0v) is 9.63.